The first-order chi connectivity index (χ1) is 9.56. The highest BCUT2D eigenvalue weighted by atomic mass is 32.1. The summed E-state index contributed by atoms with van der Waals surface area (Å²) in [4.78, 5) is 27.9. The molecule has 104 valence electrons. The third kappa shape index (κ3) is 3.55. The lowest BCUT2D eigenvalue weighted by molar-refractivity contribution is 0.0690. The molecule has 2 heterocycles. The first-order valence-electron chi connectivity index (χ1n) is 5.79. The van der Waals surface area contributed by atoms with E-state index in [0.717, 1.165) is 5.56 Å². The van der Waals surface area contributed by atoms with E-state index in [1.54, 1.807) is 18.4 Å². The molecule has 0 atom stereocenters. The number of rotatable bonds is 4. The van der Waals surface area contributed by atoms with Crippen molar-refractivity contribution in [2.75, 3.05) is 12.4 Å². The summed E-state index contributed by atoms with van der Waals surface area (Å²) in [6.07, 6.45) is 1.32. The Bertz CT molecular complexity index is 596. The lowest BCUT2D eigenvalue weighted by atomic mass is 10.3. The van der Waals surface area contributed by atoms with Crippen LogP contribution in [0.25, 0.3) is 0 Å². The van der Waals surface area contributed by atoms with Gasteiger partial charge < -0.3 is 15.3 Å². The Hall–Kier alpha value is -2.41. The molecule has 6 nitrogen and oxygen atoms in total. The fraction of sp³-hybridized carbons (Fsp3) is 0.154. The third-order valence-corrected chi connectivity index (χ3v) is 3.31. The maximum atomic E-state index is 11.9. The fourth-order valence-corrected chi connectivity index (χ4v) is 2.20. The molecule has 0 aromatic carbocycles. The molecule has 0 saturated carbocycles. The SMILES string of the molecule is CN(Cc1ccsc1)C(=O)Nc1ccc(C(=O)O)nc1. The molecule has 0 saturated heterocycles. The molecular formula is C13H13N3O3S. The number of nitrogens with one attached hydrogen (secondary N) is 1. The normalized spacial score (nSPS) is 10.1. The molecule has 0 bridgehead atoms. The number of nitrogens with zero attached hydrogens (tertiary/aromatic N) is 2. The van der Waals surface area contributed by atoms with E-state index in [0.29, 0.717) is 12.2 Å². The maximum absolute atomic E-state index is 11.9. The average molecular weight is 291 g/mol. The second kappa shape index (κ2) is 6.16. The van der Waals surface area contributed by atoms with Crippen molar-refractivity contribution in [3.63, 3.8) is 0 Å². The van der Waals surface area contributed by atoms with Gasteiger partial charge in [-0.25, -0.2) is 14.6 Å². The van der Waals surface area contributed by atoms with Crippen LogP contribution in [0.3, 0.4) is 0 Å². The van der Waals surface area contributed by atoms with Crippen LogP contribution in [-0.4, -0.2) is 34.0 Å². The van der Waals surface area contributed by atoms with E-state index in [1.807, 2.05) is 16.8 Å². The predicted octanol–water partition coefficient (Wildman–Crippen LogP) is 2.51. The van der Waals surface area contributed by atoms with Crippen LogP contribution in [0.4, 0.5) is 10.5 Å². The molecule has 2 rings (SSSR count). The molecule has 0 unspecified atom stereocenters. The van der Waals surface area contributed by atoms with Crippen LogP contribution < -0.4 is 5.32 Å². The summed E-state index contributed by atoms with van der Waals surface area (Å²) in [5.41, 5.74) is 1.46. The minimum atomic E-state index is -1.10. The zero-order valence-corrected chi connectivity index (χ0v) is 11.6. The molecular weight excluding hydrogens is 278 g/mol. The van der Waals surface area contributed by atoms with Crippen molar-refractivity contribution in [2.45, 2.75) is 6.54 Å². The van der Waals surface area contributed by atoms with E-state index < -0.39 is 5.97 Å². The Morgan fingerprint density at radius 2 is 2.20 bits per heavy atom. The van der Waals surface area contributed by atoms with Crippen LogP contribution in [0.5, 0.6) is 0 Å². The quantitative estimate of drug-likeness (QED) is 0.906. The zero-order valence-electron chi connectivity index (χ0n) is 10.7. The van der Waals surface area contributed by atoms with Crippen LogP contribution >= 0.6 is 11.3 Å². The topological polar surface area (TPSA) is 82.5 Å². The standard InChI is InChI=1S/C13H13N3O3S/c1-16(7-9-4-5-20-8-9)13(19)15-10-2-3-11(12(17)18)14-6-10/h2-6,8H,7H2,1H3,(H,15,19)(H,17,18). The van der Waals surface area contributed by atoms with Gasteiger partial charge in [0, 0.05) is 13.6 Å². The molecule has 0 aliphatic rings. The Kier molecular flexibility index (Phi) is 4.31. The molecule has 2 aromatic rings. The van der Waals surface area contributed by atoms with Gasteiger partial charge in [0.05, 0.1) is 11.9 Å². The minimum absolute atomic E-state index is 0.0605. The van der Waals surface area contributed by atoms with Crippen molar-refractivity contribution in [1.82, 2.24) is 9.88 Å². The van der Waals surface area contributed by atoms with E-state index in [4.69, 9.17) is 5.11 Å². The van der Waals surface area contributed by atoms with Gasteiger partial charge in [-0.1, -0.05) is 0 Å². The van der Waals surface area contributed by atoms with Crippen molar-refractivity contribution in [1.29, 1.82) is 0 Å². The van der Waals surface area contributed by atoms with Crippen molar-refractivity contribution < 1.29 is 14.7 Å². The summed E-state index contributed by atoms with van der Waals surface area (Å²) >= 11 is 1.58. The van der Waals surface area contributed by atoms with E-state index in [9.17, 15) is 9.59 Å². The smallest absolute Gasteiger partial charge is 0.354 e. The lowest BCUT2D eigenvalue weighted by Gasteiger charge is -2.17. The minimum Gasteiger partial charge on any atom is -0.477 e. The number of carboxylic acids is 1. The Morgan fingerprint density at radius 3 is 2.75 bits per heavy atom. The lowest BCUT2D eigenvalue weighted by Crippen LogP contribution is -2.30. The maximum Gasteiger partial charge on any atom is 0.354 e. The zero-order chi connectivity index (χ0) is 14.5. The van der Waals surface area contributed by atoms with Crippen LogP contribution in [0.1, 0.15) is 16.1 Å². The van der Waals surface area contributed by atoms with Crippen LogP contribution in [0.2, 0.25) is 0 Å². The summed E-state index contributed by atoms with van der Waals surface area (Å²) in [5.74, 6) is -1.10. The van der Waals surface area contributed by atoms with E-state index in [2.05, 4.69) is 10.3 Å². The van der Waals surface area contributed by atoms with Crippen LogP contribution in [0, 0.1) is 0 Å². The molecule has 0 aliphatic carbocycles. The highest BCUT2D eigenvalue weighted by molar-refractivity contribution is 7.07. The van der Waals surface area contributed by atoms with Gasteiger partial charge in [-0.05, 0) is 34.5 Å². The first-order valence-corrected chi connectivity index (χ1v) is 6.73. The largest absolute Gasteiger partial charge is 0.477 e. The number of carbonyl (C=O) groups is 2. The number of pyridine rings is 1. The highest BCUT2D eigenvalue weighted by Crippen LogP contribution is 2.11. The van der Waals surface area contributed by atoms with Crippen molar-refractivity contribution in [3.05, 3.63) is 46.4 Å². The summed E-state index contributed by atoms with van der Waals surface area (Å²) < 4.78 is 0. The van der Waals surface area contributed by atoms with Gasteiger partial charge in [-0.2, -0.15) is 11.3 Å². The number of aromatic nitrogens is 1. The van der Waals surface area contributed by atoms with Gasteiger partial charge >= 0.3 is 12.0 Å². The van der Waals surface area contributed by atoms with Crippen molar-refractivity contribution in [2.24, 2.45) is 0 Å². The molecule has 2 aromatic heterocycles. The van der Waals surface area contributed by atoms with Crippen LogP contribution in [-0.2, 0) is 6.54 Å². The molecule has 2 amide bonds. The molecule has 7 heteroatoms. The average Bonchev–Trinajstić information content (AvgIpc) is 2.92. The van der Waals surface area contributed by atoms with Gasteiger partial charge in [-0.15, -0.1) is 0 Å². The Balaban J connectivity index is 1.95. The number of anilines is 1. The summed E-state index contributed by atoms with van der Waals surface area (Å²) in [6.45, 7) is 0.510. The third-order valence-electron chi connectivity index (χ3n) is 2.58. The Morgan fingerprint density at radius 1 is 1.40 bits per heavy atom. The van der Waals surface area contributed by atoms with Gasteiger partial charge in [0.1, 0.15) is 5.69 Å². The molecule has 20 heavy (non-hydrogen) atoms. The van der Waals surface area contributed by atoms with E-state index in [1.165, 1.54) is 23.2 Å². The summed E-state index contributed by atoms with van der Waals surface area (Å²) in [5, 5.41) is 15.3. The predicted molar refractivity (Wildman–Crippen MR) is 76.0 cm³/mol. The number of carbonyl (C=O) groups excluding carboxylic acids is 1. The number of thiophene rings is 1. The fourth-order valence-electron chi connectivity index (χ4n) is 1.54. The number of carboxylic acid groups (broad SMARTS) is 1. The summed E-state index contributed by atoms with van der Waals surface area (Å²) in [6, 6.07) is 4.53. The van der Waals surface area contributed by atoms with Crippen LogP contribution in [0.15, 0.2) is 35.2 Å². The molecule has 0 fully saturated rings. The number of aromatic carboxylic acids is 1. The van der Waals surface area contributed by atoms with Crippen molar-refractivity contribution in [3.8, 4) is 0 Å². The monoisotopic (exact) mass is 291 g/mol. The van der Waals surface area contributed by atoms with E-state index >= 15 is 0 Å². The van der Waals surface area contributed by atoms with E-state index in [-0.39, 0.29) is 11.7 Å². The second-order valence-electron chi connectivity index (χ2n) is 4.16. The van der Waals surface area contributed by atoms with Crippen molar-refractivity contribution >= 4 is 29.0 Å². The first kappa shape index (κ1) is 14.0. The second-order valence-corrected chi connectivity index (χ2v) is 4.94. The molecule has 0 aliphatic heterocycles. The summed E-state index contributed by atoms with van der Waals surface area (Å²) in [7, 11) is 1.69. The highest BCUT2D eigenvalue weighted by Gasteiger charge is 2.10. The number of urea groups is 1. The molecule has 0 spiro atoms. The van der Waals surface area contributed by atoms with Gasteiger partial charge in [0.2, 0.25) is 0 Å². The molecule has 0 radical (unpaired) electrons. The van der Waals surface area contributed by atoms with Gasteiger partial charge in [-0.3, -0.25) is 0 Å². The van der Waals surface area contributed by atoms with Gasteiger partial charge in [0.25, 0.3) is 0 Å². The molecule has 2 N–H and O–H groups in total. The Labute approximate surface area is 119 Å². The number of amides is 2. The van der Waals surface area contributed by atoms with Gasteiger partial charge in [0.15, 0.2) is 0 Å². The number of hydrogen-bond donors (Lipinski definition) is 2. The number of hydrogen-bond acceptors (Lipinski definition) is 4.